The van der Waals surface area contributed by atoms with Gasteiger partial charge in [-0.25, -0.2) is 4.39 Å². The molecule has 0 radical (unpaired) electrons. The molecule has 0 saturated carbocycles. The van der Waals surface area contributed by atoms with Gasteiger partial charge in [0.2, 0.25) is 0 Å². The number of aliphatic hydroxyl groups is 1. The van der Waals surface area contributed by atoms with Crippen molar-refractivity contribution in [3.8, 4) is 0 Å². The lowest BCUT2D eigenvalue weighted by molar-refractivity contribution is 0.151. The zero-order chi connectivity index (χ0) is 15.3. The normalized spacial score (nSPS) is 21.2. The summed E-state index contributed by atoms with van der Waals surface area (Å²) in [7, 11) is 0. The third-order valence-electron chi connectivity index (χ3n) is 4.08. The summed E-state index contributed by atoms with van der Waals surface area (Å²) >= 11 is 0. The number of hydrogen-bond donors (Lipinski definition) is 3. The maximum atomic E-state index is 13.1. The van der Waals surface area contributed by atoms with Crippen molar-refractivity contribution >= 4 is 0 Å². The molecule has 2 heterocycles. The Morgan fingerprint density at radius 1 is 1.52 bits per heavy atom. The van der Waals surface area contributed by atoms with Crippen LogP contribution in [0, 0.1) is 11.7 Å². The number of nitrogens with zero attached hydrogens (tertiary/aromatic N) is 1. The fraction of sp³-hybridized carbons (Fsp3) is 0.688. The summed E-state index contributed by atoms with van der Waals surface area (Å²) < 4.78 is 13.1. The first-order chi connectivity index (χ1) is 9.96. The Morgan fingerprint density at radius 3 is 3.00 bits per heavy atom. The SMILES string of the molecule is CC(C)(C[C@@H]1CCCNC1)NC[C@H](O)c1cncc(F)c1. The molecular formula is C16H26FN3O. The van der Waals surface area contributed by atoms with Crippen molar-refractivity contribution in [1.29, 1.82) is 0 Å². The van der Waals surface area contributed by atoms with Crippen LogP contribution in [0.5, 0.6) is 0 Å². The fourth-order valence-electron chi connectivity index (χ4n) is 2.99. The van der Waals surface area contributed by atoms with Crippen LogP contribution in [0.25, 0.3) is 0 Å². The number of aliphatic hydroxyl groups excluding tert-OH is 1. The Bertz CT molecular complexity index is 447. The molecule has 0 amide bonds. The van der Waals surface area contributed by atoms with Gasteiger partial charge in [0.25, 0.3) is 0 Å². The van der Waals surface area contributed by atoms with Crippen molar-refractivity contribution in [2.24, 2.45) is 5.92 Å². The third-order valence-corrected chi connectivity index (χ3v) is 4.08. The van der Waals surface area contributed by atoms with Gasteiger partial charge in [0.15, 0.2) is 0 Å². The Labute approximate surface area is 126 Å². The van der Waals surface area contributed by atoms with Gasteiger partial charge in [-0.3, -0.25) is 4.98 Å². The summed E-state index contributed by atoms with van der Waals surface area (Å²) in [5.41, 5.74) is 0.462. The number of β-amino-alcohol motifs (C(OH)–C–C–N with tert-alkyl or cyclic N) is 1. The van der Waals surface area contributed by atoms with E-state index in [2.05, 4.69) is 29.5 Å². The lowest BCUT2D eigenvalue weighted by Crippen LogP contribution is -2.45. The average Bonchev–Trinajstić information content (AvgIpc) is 2.45. The molecule has 0 aromatic carbocycles. The molecule has 2 rings (SSSR count). The molecule has 0 bridgehead atoms. The van der Waals surface area contributed by atoms with Crippen LogP contribution < -0.4 is 10.6 Å². The van der Waals surface area contributed by atoms with E-state index < -0.39 is 11.9 Å². The van der Waals surface area contributed by atoms with Crippen LogP contribution in [-0.4, -0.2) is 35.3 Å². The predicted octanol–water partition coefficient (Wildman–Crippen LogP) is 2.01. The van der Waals surface area contributed by atoms with E-state index in [0.717, 1.165) is 25.7 Å². The molecule has 1 saturated heterocycles. The monoisotopic (exact) mass is 295 g/mol. The minimum atomic E-state index is -0.739. The Hall–Kier alpha value is -1.04. The smallest absolute Gasteiger partial charge is 0.141 e. The minimum absolute atomic E-state index is 0.0502. The number of nitrogens with one attached hydrogen (secondary N) is 2. The molecular weight excluding hydrogens is 269 g/mol. The van der Waals surface area contributed by atoms with Gasteiger partial charge in [-0.15, -0.1) is 0 Å². The molecule has 1 aromatic rings. The molecule has 4 nitrogen and oxygen atoms in total. The molecule has 1 aliphatic rings. The van der Waals surface area contributed by atoms with E-state index in [1.807, 2.05) is 0 Å². The van der Waals surface area contributed by atoms with Crippen LogP contribution in [0.2, 0.25) is 0 Å². The second-order valence-corrected chi connectivity index (χ2v) is 6.63. The highest BCUT2D eigenvalue weighted by molar-refractivity contribution is 5.13. The van der Waals surface area contributed by atoms with E-state index >= 15 is 0 Å². The number of aromatic nitrogens is 1. The Morgan fingerprint density at radius 2 is 2.33 bits per heavy atom. The highest BCUT2D eigenvalue weighted by Gasteiger charge is 2.25. The van der Waals surface area contributed by atoms with Crippen LogP contribution in [-0.2, 0) is 0 Å². The van der Waals surface area contributed by atoms with Crippen LogP contribution in [0.1, 0.15) is 44.8 Å². The van der Waals surface area contributed by atoms with Crippen molar-refractivity contribution < 1.29 is 9.50 Å². The first-order valence-corrected chi connectivity index (χ1v) is 7.70. The fourth-order valence-corrected chi connectivity index (χ4v) is 2.99. The van der Waals surface area contributed by atoms with E-state index in [-0.39, 0.29) is 5.54 Å². The summed E-state index contributed by atoms with van der Waals surface area (Å²) in [4.78, 5) is 3.77. The molecule has 1 aromatic heterocycles. The van der Waals surface area contributed by atoms with Crippen molar-refractivity contribution in [3.05, 3.63) is 29.8 Å². The zero-order valence-corrected chi connectivity index (χ0v) is 12.9. The standard InChI is InChI=1S/C16H26FN3O/c1-16(2,7-12-4-3-5-18-8-12)20-11-15(21)13-6-14(17)10-19-9-13/h6,9-10,12,15,18,20-21H,3-5,7-8,11H2,1-2H3/t12-,15-/m0/s1. The molecule has 0 spiro atoms. The third kappa shape index (κ3) is 5.34. The predicted molar refractivity (Wildman–Crippen MR) is 81.4 cm³/mol. The van der Waals surface area contributed by atoms with Gasteiger partial charge < -0.3 is 15.7 Å². The molecule has 1 fully saturated rings. The van der Waals surface area contributed by atoms with Gasteiger partial charge in [0.05, 0.1) is 12.3 Å². The van der Waals surface area contributed by atoms with Crippen molar-refractivity contribution in [2.75, 3.05) is 19.6 Å². The molecule has 1 aliphatic heterocycles. The summed E-state index contributed by atoms with van der Waals surface area (Å²) in [6.45, 7) is 6.89. The molecule has 0 unspecified atom stereocenters. The van der Waals surface area contributed by atoms with E-state index in [0.29, 0.717) is 18.0 Å². The molecule has 2 atom stereocenters. The lowest BCUT2D eigenvalue weighted by atomic mass is 9.86. The lowest BCUT2D eigenvalue weighted by Gasteiger charge is -2.33. The maximum absolute atomic E-state index is 13.1. The summed E-state index contributed by atoms with van der Waals surface area (Å²) in [5.74, 6) is 0.258. The van der Waals surface area contributed by atoms with Gasteiger partial charge in [-0.1, -0.05) is 0 Å². The van der Waals surface area contributed by atoms with Gasteiger partial charge in [0, 0.05) is 23.8 Å². The number of piperidine rings is 1. The van der Waals surface area contributed by atoms with Gasteiger partial charge in [-0.05, 0) is 58.2 Å². The summed E-state index contributed by atoms with van der Waals surface area (Å²) in [6.07, 6.45) is 5.47. The highest BCUT2D eigenvalue weighted by Crippen LogP contribution is 2.23. The Balaban J connectivity index is 1.82. The summed E-state index contributed by atoms with van der Waals surface area (Å²) in [6, 6.07) is 1.33. The van der Waals surface area contributed by atoms with Gasteiger partial charge >= 0.3 is 0 Å². The first-order valence-electron chi connectivity index (χ1n) is 7.70. The maximum Gasteiger partial charge on any atom is 0.141 e. The van der Waals surface area contributed by atoms with Gasteiger partial charge in [0.1, 0.15) is 5.82 Å². The quantitative estimate of drug-likeness (QED) is 0.751. The van der Waals surface area contributed by atoms with Crippen molar-refractivity contribution in [2.45, 2.75) is 44.8 Å². The number of hydrogen-bond acceptors (Lipinski definition) is 4. The van der Waals surface area contributed by atoms with Crippen molar-refractivity contribution in [1.82, 2.24) is 15.6 Å². The summed E-state index contributed by atoms with van der Waals surface area (Å²) in [5, 5.41) is 17.0. The average molecular weight is 295 g/mol. The largest absolute Gasteiger partial charge is 0.387 e. The van der Waals surface area contributed by atoms with E-state index in [1.165, 1.54) is 25.1 Å². The van der Waals surface area contributed by atoms with E-state index in [1.54, 1.807) is 0 Å². The van der Waals surface area contributed by atoms with Gasteiger partial charge in [-0.2, -0.15) is 0 Å². The molecule has 0 aliphatic carbocycles. The van der Waals surface area contributed by atoms with Crippen LogP contribution in [0.4, 0.5) is 4.39 Å². The first kappa shape index (κ1) is 16.3. The van der Waals surface area contributed by atoms with Crippen molar-refractivity contribution in [3.63, 3.8) is 0 Å². The van der Waals surface area contributed by atoms with Crippen LogP contribution >= 0.6 is 0 Å². The molecule has 5 heteroatoms. The topological polar surface area (TPSA) is 57.2 Å². The molecule has 118 valence electrons. The highest BCUT2D eigenvalue weighted by atomic mass is 19.1. The second kappa shape index (κ2) is 7.29. The Kier molecular flexibility index (Phi) is 5.67. The zero-order valence-electron chi connectivity index (χ0n) is 12.9. The second-order valence-electron chi connectivity index (χ2n) is 6.63. The van der Waals surface area contributed by atoms with Crippen LogP contribution in [0.3, 0.4) is 0 Å². The van der Waals surface area contributed by atoms with E-state index in [4.69, 9.17) is 0 Å². The molecule has 21 heavy (non-hydrogen) atoms. The number of pyridine rings is 1. The van der Waals surface area contributed by atoms with Crippen LogP contribution in [0.15, 0.2) is 18.5 Å². The van der Waals surface area contributed by atoms with E-state index in [9.17, 15) is 9.50 Å². The minimum Gasteiger partial charge on any atom is -0.387 e. The number of rotatable bonds is 6. The molecule has 3 N–H and O–H groups in total. The number of halogens is 1.